The van der Waals surface area contributed by atoms with Crippen molar-refractivity contribution in [2.24, 2.45) is 0 Å². The van der Waals surface area contributed by atoms with Gasteiger partial charge in [0.2, 0.25) is 0 Å². The molecule has 1 N–H and O–H groups in total. The lowest BCUT2D eigenvalue weighted by molar-refractivity contribution is 0.264. The first-order chi connectivity index (χ1) is 9.41. The highest BCUT2D eigenvalue weighted by Gasteiger charge is 2.22. The standard InChI is InChI=1S/C17H26N2O/c1-6-8-19-17(5,12-18)7-9-20-16-14(3)10-13(2)11-15(16)4/h10-11,19H,6-9H2,1-5H3. The molecule has 0 saturated carbocycles. The fourth-order valence-corrected chi connectivity index (χ4v) is 2.34. The molecule has 1 rings (SSSR count). The van der Waals surface area contributed by atoms with Gasteiger partial charge in [-0.25, -0.2) is 0 Å². The summed E-state index contributed by atoms with van der Waals surface area (Å²) in [7, 11) is 0. The molecule has 0 aliphatic heterocycles. The number of nitriles is 1. The summed E-state index contributed by atoms with van der Waals surface area (Å²) in [5, 5.41) is 12.6. The van der Waals surface area contributed by atoms with Crippen LogP contribution in [0, 0.1) is 32.1 Å². The van der Waals surface area contributed by atoms with Gasteiger partial charge in [0, 0.05) is 6.42 Å². The van der Waals surface area contributed by atoms with Crippen LogP contribution in [0.4, 0.5) is 0 Å². The third kappa shape index (κ3) is 4.54. The molecule has 0 heterocycles. The molecule has 3 heteroatoms. The molecular formula is C17H26N2O. The van der Waals surface area contributed by atoms with Crippen molar-refractivity contribution in [3.05, 3.63) is 28.8 Å². The van der Waals surface area contributed by atoms with E-state index < -0.39 is 5.54 Å². The van der Waals surface area contributed by atoms with E-state index in [2.05, 4.69) is 51.2 Å². The lowest BCUT2D eigenvalue weighted by Crippen LogP contribution is -2.42. The lowest BCUT2D eigenvalue weighted by Gasteiger charge is -2.23. The zero-order chi connectivity index (χ0) is 15.2. The number of rotatable bonds is 7. The average Bonchev–Trinajstić information content (AvgIpc) is 2.39. The molecule has 0 aliphatic rings. The van der Waals surface area contributed by atoms with Gasteiger partial charge in [0.25, 0.3) is 0 Å². The van der Waals surface area contributed by atoms with E-state index in [0.29, 0.717) is 13.0 Å². The molecule has 0 aromatic heterocycles. The molecule has 1 unspecified atom stereocenters. The predicted molar refractivity (Wildman–Crippen MR) is 83.1 cm³/mol. The topological polar surface area (TPSA) is 45.0 Å². The summed E-state index contributed by atoms with van der Waals surface area (Å²) in [6, 6.07) is 6.60. The maximum absolute atomic E-state index is 9.29. The second kappa shape index (κ2) is 7.31. The van der Waals surface area contributed by atoms with Crippen molar-refractivity contribution < 1.29 is 4.74 Å². The van der Waals surface area contributed by atoms with E-state index in [1.165, 1.54) is 5.56 Å². The first-order valence-corrected chi connectivity index (χ1v) is 7.29. The van der Waals surface area contributed by atoms with Gasteiger partial charge in [-0.1, -0.05) is 24.6 Å². The van der Waals surface area contributed by atoms with E-state index in [4.69, 9.17) is 4.74 Å². The van der Waals surface area contributed by atoms with Crippen LogP contribution in [0.2, 0.25) is 0 Å². The predicted octanol–water partition coefficient (Wildman–Crippen LogP) is 3.66. The Labute approximate surface area is 123 Å². The average molecular weight is 274 g/mol. The number of nitrogens with zero attached hydrogens (tertiary/aromatic N) is 1. The summed E-state index contributed by atoms with van der Waals surface area (Å²) in [5.41, 5.74) is 3.05. The monoisotopic (exact) mass is 274 g/mol. The van der Waals surface area contributed by atoms with Gasteiger partial charge in [-0.3, -0.25) is 5.32 Å². The quantitative estimate of drug-likeness (QED) is 0.825. The second-order valence-corrected chi connectivity index (χ2v) is 5.70. The zero-order valence-corrected chi connectivity index (χ0v) is 13.3. The summed E-state index contributed by atoms with van der Waals surface area (Å²) in [6.07, 6.45) is 1.70. The van der Waals surface area contributed by atoms with Crippen LogP contribution in [-0.2, 0) is 0 Å². The fraction of sp³-hybridized carbons (Fsp3) is 0.588. The van der Waals surface area contributed by atoms with E-state index in [1.807, 2.05) is 6.92 Å². The Balaban J connectivity index is 2.62. The summed E-state index contributed by atoms with van der Waals surface area (Å²) in [6.45, 7) is 11.6. The van der Waals surface area contributed by atoms with Gasteiger partial charge in [-0.2, -0.15) is 5.26 Å². The molecular weight excluding hydrogens is 248 g/mol. The minimum absolute atomic E-state index is 0.511. The first kappa shape index (κ1) is 16.5. The van der Waals surface area contributed by atoms with E-state index in [0.717, 1.165) is 29.8 Å². The minimum atomic E-state index is -0.511. The third-order valence-electron chi connectivity index (χ3n) is 3.47. The lowest BCUT2D eigenvalue weighted by atomic mass is 10.0. The highest BCUT2D eigenvalue weighted by atomic mass is 16.5. The van der Waals surface area contributed by atoms with Crippen molar-refractivity contribution in [3.63, 3.8) is 0 Å². The summed E-state index contributed by atoms with van der Waals surface area (Å²) in [5.74, 6) is 0.950. The number of nitrogens with one attached hydrogen (secondary N) is 1. The Morgan fingerprint density at radius 3 is 2.35 bits per heavy atom. The van der Waals surface area contributed by atoms with Crippen molar-refractivity contribution in [1.29, 1.82) is 5.26 Å². The minimum Gasteiger partial charge on any atom is -0.493 e. The molecule has 1 aromatic carbocycles. The van der Waals surface area contributed by atoms with Crippen LogP contribution in [0.5, 0.6) is 5.75 Å². The van der Waals surface area contributed by atoms with Crippen molar-refractivity contribution in [3.8, 4) is 11.8 Å². The van der Waals surface area contributed by atoms with Gasteiger partial charge in [0.15, 0.2) is 0 Å². The van der Waals surface area contributed by atoms with E-state index in [9.17, 15) is 5.26 Å². The Kier molecular flexibility index (Phi) is 6.04. The van der Waals surface area contributed by atoms with Crippen LogP contribution in [-0.4, -0.2) is 18.7 Å². The Morgan fingerprint density at radius 2 is 1.85 bits per heavy atom. The number of hydrogen-bond donors (Lipinski definition) is 1. The number of ether oxygens (including phenoxy) is 1. The molecule has 0 aliphatic carbocycles. The molecule has 0 spiro atoms. The molecule has 3 nitrogen and oxygen atoms in total. The van der Waals surface area contributed by atoms with Crippen LogP contribution in [0.15, 0.2) is 12.1 Å². The fourth-order valence-electron chi connectivity index (χ4n) is 2.34. The van der Waals surface area contributed by atoms with E-state index in [-0.39, 0.29) is 0 Å². The van der Waals surface area contributed by atoms with Crippen LogP contribution in [0.3, 0.4) is 0 Å². The summed E-state index contributed by atoms with van der Waals surface area (Å²) in [4.78, 5) is 0. The summed E-state index contributed by atoms with van der Waals surface area (Å²) >= 11 is 0. The van der Waals surface area contributed by atoms with Gasteiger partial charge in [-0.05, 0) is 51.8 Å². The zero-order valence-electron chi connectivity index (χ0n) is 13.3. The molecule has 110 valence electrons. The highest BCUT2D eigenvalue weighted by Crippen LogP contribution is 2.25. The second-order valence-electron chi connectivity index (χ2n) is 5.70. The highest BCUT2D eigenvalue weighted by molar-refractivity contribution is 5.42. The van der Waals surface area contributed by atoms with Crippen LogP contribution >= 0.6 is 0 Å². The Hall–Kier alpha value is -1.53. The van der Waals surface area contributed by atoms with Gasteiger partial charge in [0.05, 0.1) is 12.7 Å². The smallest absolute Gasteiger partial charge is 0.125 e. The number of benzene rings is 1. The van der Waals surface area contributed by atoms with E-state index >= 15 is 0 Å². The van der Waals surface area contributed by atoms with Gasteiger partial charge >= 0.3 is 0 Å². The van der Waals surface area contributed by atoms with Crippen LogP contribution < -0.4 is 10.1 Å². The van der Waals surface area contributed by atoms with Crippen LogP contribution in [0.1, 0.15) is 43.4 Å². The molecule has 20 heavy (non-hydrogen) atoms. The normalized spacial score (nSPS) is 13.6. The van der Waals surface area contributed by atoms with Gasteiger partial charge in [0.1, 0.15) is 11.3 Å². The first-order valence-electron chi connectivity index (χ1n) is 7.29. The van der Waals surface area contributed by atoms with Crippen molar-refractivity contribution in [2.45, 2.75) is 53.0 Å². The van der Waals surface area contributed by atoms with Crippen LogP contribution in [0.25, 0.3) is 0 Å². The molecule has 0 bridgehead atoms. The van der Waals surface area contributed by atoms with Gasteiger partial charge < -0.3 is 4.74 Å². The maximum atomic E-state index is 9.29. The Morgan fingerprint density at radius 1 is 1.25 bits per heavy atom. The summed E-state index contributed by atoms with van der Waals surface area (Å²) < 4.78 is 5.91. The largest absolute Gasteiger partial charge is 0.493 e. The SMILES string of the molecule is CCCNC(C)(C#N)CCOc1c(C)cc(C)cc1C. The molecule has 1 aromatic rings. The number of aryl methyl sites for hydroxylation is 3. The van der Waals surface area contributed by atoms with Gasteiger partial charge in [-0.15, -0.1) is 0 Å². The number of hydrogen-bond acceptors (Lipinski definition) is 3. The van der Waals surface area contributed by atoms with E-state index in [1.54, 1.807) is 0 Å². The molecule has 1 atom stereocenters. The molecule has 0 radical (unpaired) electrons. The third-order valence-corrected chi connectivity index (χ3v) is 3.47. The van der Waals surface area contributed by atoms with Crippen molar-refractivity contribution in [2.75, 3.05) is 13.2 Å². The Bertz CT molecular complexity index is 467. The van der Waals surface area contributed by atoms with Crippen molar-refractivity contribution >= 4 is 0 Å². The van der Waals surface area contributed by atoms with Crippen molar-refractivity contribution in [1.82, 2.24) is 5.32 Å². The molecule has 0 saturated heterocycles. The molecule has 0 fully saturated rings. The maximum Gasteiger partial charge on any atom is 0.125 e. The molecule has 0 amide bonds.